The van der Waals surface area contributed by atoms with E-state index in [1.165, 1.54) is 41.3 Å². The lowest BCUT2D eigenvalue weighted by atomic mass is 10.0. The maximum absolute atomic E-state index is 4.73. The molecule has 0 fully saturated rings. The molecule has 0 spiro atoms. The Morgan fingerprint density at radius 1 is 1.43 bits per heavy atom. The minimum atomic E-state index is 0.426. The standard InChI is InChI=1S/C11H18N2S/c1-3-12-8(2)11-13-9-6-4-5-7-10(9)14-11/h8,12H,3-7H2,1-2H3. The fourth-order valence-electron chi connectivity index (χ4n) is 1.95. The predicted molar refractivity (Wildman–Crippen MR) is 60.8 cm³/mol. The first-order chi connectivity index (χ1) is 6.81. The predicted octanol–water partition coefficient (Wildman–Crippen LogP) is 2.69. The molecule has 2 rings (SSSR count). The maximum atomic E-state index is 4.73. The molecule has 3 heteroatoms. The molecular weight excluding hydrogens is 192 g/mol. The highest BCUT2D eigenvalue weighted by Crippen LogP contribution is 2.29. The lowest BCUT2D eigenvalue weighted by Crippen LogP contribution is -2.17. The topological polar surface area (TPSA) is 24.9 Å². The molecule has 2 nitrogen and oxygen atoms in total. The van der Waals surface area contributed by atoms with Gasteiger partial charge in [-0.25, -0.2) is 4.98 Å². The van der Waals surface area contributed by atoms with Gasteiger partial charge >= 0.3 is 0 Å². The van der Waals surface area contributed by atoms with Crippen LogP contribution in [0.1, 0.15) is 48.3 Å². The summed E-state index contributed by atoms with van der Waals surface area (Å²) in [6, 6.07) is 0.426. The number of nitrogens with zero attached hydrogens (tertiary/aromatic N) is 1. The molecule has 0 bridgehead atoms. The quantitative estimate of drug-likeness (QED) is 0.829. The molecule has 1 aromatic heterocycles. The zero-order valence-corrected chi connectivity index (χ0v) is 9.78. The van der Waals surface area contributed by atoms with Gasteiger partial charge < -0.3 is 5.32 Å². The Morgan fingerprint density at radius 3 is 2.93 bits per heavy atom. The van der Waals surface area contributed by atoms with Crippen LogP contribution in [-0.4, -0.2) is 11.5 Å². The average molecular weight is 210 g/mol. The van der Waals surface area contributed by atoms with Gasteiger partial charge in [0, 0.05) is 4.88 Å². The third-order valence-electron chi connectivity index (χ3n) is 2.74. The van der Waals surface area contributed by atoms with Crippen LogP contribution >= 0.6 is 11.3 Å². The molecule has 1 aliphatic rings. The van der Waals surface area contributed by atoms with Gasteiger partial charge in [-0.05, 0) is 39.2 Å². The van der Waals surface area contributed by atoms with E-state index in [2.05, 4.69) is 19.2 Å². The molecule has 0 saturated carbocycles. The van der Waals surface area contributed by atoms with Crippen molar-refractivity contribution in [2.24, 2.45) is 0 Å². The molecule has 1 aromatic rings. The van der Waals surface area contributed by atoms with Gasteiger partial charge in [-0.1, -0.05) is 6.92 Å². The number of fused-ring (bicyclic) bond motifs is 1. The summed E-state index contributed by atoms with van der Waals surface area (Å²) in [5.74, 6) is 0. The lowest BCUT2D eigenvalue weighted by Gasteiger charge is -2.07. The van der Waals surface area contributed by atoms with E-state index in [0.717, 1.165) is 6.54 Å². The largest absolute Gasteiger partial charge is 0.308 e. The number of rotatable bonds is 3. The van der Waals surface area contributed by atoms with Crippen LogP contribution in [0.5, 0.6) is 0 Å². The van der Waals surface area contributed by atoms with Gasteiger partial charge in [0.1, 0.15) is 5.01 Å². The maximum Gasteiger partial charge on any atom is 0.110 e. The summed E-state index contributed by atoms with van der Waals surface area (Å²) in [5.41, 5.74) is 1.38. The van der Waals surface area contributed by atoms with Crippen molar-refractivity contribution in [1.82, 2.24) is 10.3 Å². The molecule has 0 saturated heterocycles. The van der Waals surface area contributed by atoms with E-state index in [9.17, 15) is 0 Å². The number of nitrogens with one attached hydrogen (secondary N) is 1. The average Bonchev–Trinajstić information content (AvgIpc) is 2.61. The van der Waals surface area contributed by atoms with E-state index in [0.29, 0.717) is 6.04 Å². The van der Waals surface area contributed by atoms with Crippen LogP contribution in [0.2, 0.25) is 0 Å². The van der Waals surface area contributed by atoms with Crippen molar-refractivity contribution in [2.45, 2.75) is 45.6 Å². The fourth-order valence-corrected chi connectivity index (χ4v) is 3.13. The Balaban J connectivity index is 2.15. The molecule has 0 radical (unpaired) electrons. The van der Waals surface area contributed by atoms with Crippen LogP contribution in [0.3, 0.4) is 0 Å². The van der Waals surface area contributed by atoms with Gasteiger partial charge in [0.15, 0.2) is 0 Å². The summed E-state index contributed by atoms with van der Waals surface area (Å²) < 4.78 is 0. The van der Waals surface area contributed by atoms with Crippen molar-refractivity contribution in [2.75, 3.05) is 6.54 Å². The van der Waals surface area contributed by atoms with Crippen molar-refractivity contribution in [3.05, 3.63) is 15.6 Å². The van der Waals surface area contributed by atoms with Gasteiger partial charge in [0.25, 0.3) is 0 Å². The molecule has 0 amide bonds. The molecule has 0 aromatic carbocycles. The van der Waals surface area contributed by atoms with Gasteiger partial charge in [0.2, 0.25) is 0 Å². The van der Waals surface area contributed by atoms with Crippen LogP contribution in [0.25, 0.3) is 0 Å². The van der Waals surface area contributed by atoms with Crippen LogP contribution in [0, 0.1) is 0 Å². The molecule has 0 aliphatic heterocycles. The molecule has 1 unspecified atom stereocenters. The summed E-state index contributed by atoms with van der Waals surface area (Å²) in [4.78, 5) is 6.26. The Kier molecular flexibility index (Phi) is 3.19. The highest BCUT2D eigenvalue weighted by molar-refractivity contribution is 7.11. The van der Waals surface area contributed by atoms with Crippen molar-refractivity contribution in [3.8, 4) is 0 Å². The summed E-state index contributed by atoms with van der Waals surface area (Å²) >= 11 is 1.91. The molecule has 78 valence electrons. The third-order valence-corrected chi connectivity index (χ3v) is 4.08. The molecule has 1 heterocycles. The molecule has 1 N–H and O–H groups in total. The zero-order chi connectivity index (χ0) is 9.97. The van der Waals surface area contributed by atoms with Crippen LogP contribution in [0.15, 0.2) is 0 Å². The second-order valence-electron chi connectivity index (χ2n) is 3.91. The van der Waals surface area contributed by atoms with Crippen LogP contribution in [-0.2, 0) is 12.8 Å². The number of aryl methyl sites for hydroxylation is 2. The van der Waals surface area contributed by atoms with Crippen molar-refractivity contribution < 1.29 is 0 Å². The van der Waals surface area contributed by atoms with Crippen molar-refractivity contribution >= 4 is 11.3 Å². The zero-order valence-electron chi connectivity index (χ0n) is 8.97. The normalized spacial score (nSPS) is 17.9. The second-order valence-corrected chi connectivity index (χ2v) is 5.02. The first-order valence-electron chi connectivity index (χ1n) is 5.53. The van der Waals surface area contributed by atoms with E-state index in [-0.39, 0.29) is 0 Å². The monoisotopic (exact) mass is 210 g/mol. The van der Waals surface area contributed by atoms with Gasteiger partial charge in [-0.2, -0.15) is 0 Å². The summed E-state index contributed by atoms with van der Waals surface area (Å²) in [5, 5.41) is 4.70. The SMILES string of the molecule is CCNC(C)c1nc2c(s1)CCCC2. The summed E-state index contributed by atoms with van der Waals surface area (Å²) in [6.07, 6.45) is 5.13. The first kappa shape index (κ1) is 10.1. The molecule has 1 atom stereocenters. The number of aromatic nitrogens is 1. The third kappa shape index (κ3) is 1.98. The van der Waals surface area contributed by atoms with E-state index >= 15 is 0 Å². The minimum absolute atomic E-state index is 0.426. The van der Waals surface area contributed by atoms with E-state index < -0.39 is 0 Å². The summed E-state index contributed by atoms with van der Waals surface area (Å²) in [6.45, 7) is 5.36. The molecule has 1 aliphatic carbocycles. The van der Waals surface area contributed by atoms with Crippen molar-refractivity contribution in [3.63, 3.8) is 0 Å². The minimum Gasteiger partial charge on any atom is -0.308 e. The number of thiazole rings is 1. The van der Waals surface area contributed by atoms with Crippen molar-refractivity contribution in [1.29, 1.82) is 0 Å². The Morgan fingerprint density at radius 2 is 2.21 bits per heavy atom. The van der Waals surface area contributed by atoms with E-state index in [1.54, 1.807) is 0 Å². The van der Waals surface area contributed by atoms with E-state index in [4.69, 9.17) is 4.98 Å². The molecular formula is C11H18N2S. The van der Waals surface area contributed by atoms with Gasteiger partial charge in [-0.3, -0.25) is 0 Å². The second kappa shape index (κ2) is 4.41. The van der Waals surface area contributed by atoms with Crippen LogP contribution < -0.4 is 5.32 Å². The highest BCUT2D eigenvalue weighted by atomic mass is 32.1. The first-order valence-corrected chi connectivity index (χ1v) is 6.34. The highest BCUT2D eigenvalue weighted by Gasteiger charge is 2.17. The Labute approximate surface area is 89.8 Å². The van der Waals surface area contributed by atoms with Gasteiger partial charge in [-0.15, -0.1) is 11.3 Å². The number of hydrogen-bond acceptors (Lipinski definition) is 3. The number of hydrogen-bond donors (Lipinski definition) is 1. The summed E-state index contributed by atoms with van der Waals surface area (Å²) in [7, 11) is 0. The smallest absolute Gasteiger partial charge is 0.110 e. The molecule has 14 heavy (non-hydrogen) atoms. The Hall–Kier alpha value is -0.410. The lowest BCUT2D eigenvalue weighted by molar-refractivity contribution is 0.590. The fraction of sp³-hybridized carbons (Fsp3) is 0.727. The van der Waals surface area contributed by atoms with Gasteiger partial charge in [0.05, 0.1) is 11.7 Å². The Bertz CT molecular complexity index is 283. The van der Waals surface area contributed by atoms with E-state index in [1.807, 2.05) is 11.3 Å². The van der Waals surface area contributed by atoms with Crippen LogP contribution in [0.4, 0.5) is 0 Å².